The van der Waals surface area contributed by atoms with E-state index in [-0.39, 0.29) is 28.6 Å². The molecule has 1 atom stereocenters. The highest BCUT2D eigenvalue weighted by molar-refractivity contribution is 6.32. The van der Waals surface area contributed by atoms with E-state index >= 15 is 0 Å². The molecule has 0 radical (unpaired) electrons. The standard InChI is InChI=1S/C15H13ClFN3O/c16-10-7-9(5-6-14(10)21)13-8-19-15(18)20(13)12-4-2-1-3-11(12)17/h1-7,13,21H,8H2,(H2,18,19). The first kappa shape index (κ1) is 13.7. The molecule has 4 nitrogen and oxygen atoms in total. The molecule has 0 fully saturated rings. The Balaban J connectivity index is 2.03. The molecule has 0 aromatic heterocycles. The van der Waals surface area contributed by atoms with Gasteiger partial charge in [-0.1, -0.05) is 29.8 Å². The van der Waals surface area contributed by atoms with Crippen LogP contribution in [-0.2, 0) is 0 Å². The smallest absolute Gasteiger partial charge is 0.196 e. The van der Waals surface area contributed by atoms with Crippen LogP contribution in [0.1, 0.15) is 11.6 Å². The number of para-hydroxylation sites is 1. The number of aromatic hydroxyl groups is 1. The highest BCUT2D eigenvalue weighted by Crippen LogP contribution is 2.35. The average molecular weight is 306 g/mol. The first-order valence-corrected chi connectivity index (χ1v) is 6.78. The normalized spacial score (nSPS) is 17.9. The van der Waals surface area contributed by atoms with E-state index in [2.05, 4.69) is 4.99 Å². The van der Waals surface area contributed by atoms with Gasteiger partial charge >= 0.3 is 0 Å². The Morgan fingerprint density at radius 1 is 1.29 bits per heavy atom. The van der Waals surface area contributed by atoms with Crippen molar-refractivity contribution in [2.45, 2.75) is 6.04 Å². The number of halogens is 2. The molecule has 21 heavy (non-hydrogen) atoms. The van der Waals surface area contributed by atoms with E-state index in [9.17, 15) is 9.50 Å². The Labute approximate surface area is 126 Å². The Morgan fingerprint density at radius 3 is 2.76 bits per heavy atom. The number of hydrogen-bond acceptors (Lipinski definition) is 4. The lowest BCUT2D eigenvalue weighted by molar-refractivity contribution is 0.475. The van der Waals surface area contributed by atoms with Crippen LogP contribution in [0.2, 0.25) is 5.02 Å². The maximum atomic E-state index is 14.0. The molecular weight excluding hydrogens is 293 g/mol. The number of nitrogens with zero attached hydrogens (tertiary/aromatic N) is 2. The van der Waals surface area contributed by atoms with Crippen molar-refractivity contribution in [1.29, 1.82) is 0 Å². The maximum Gasteiger partial charge on any atom is 0.196 e. The van der Waals surface area contributed by atoms with Crippen molar-refractivity contribution in [3.63, 3.8) is 0 Å². The fourth-order valence-corrected chi connectivity index (χ4v) is 2.61. The molecular formula is C15H13ClFN3O. The van der Waals surface area contributed by atoms with Crippen molar-refractivity contribution in [2.75, 3.05) is 11.4 Å². The van der Waals surface area contributed by atoms with Gasteiger partial charge in [0.15, 0.2) is 5.96 Å². The minimum Gasteiger partial charge on any atom is -0.506 e. The van der Waals surface area contributed by atoms with Crippen molar-refractivity contribution >= 4 is 23.2 Å². The van der Waals surface area contributed by atoms with Crippen LogP contribution in [0.5, 0.6) is 5.75 Å². The highest BCUT2D eigenvalue weighted by atomic mass is 35.5. The van der Waals surface area contributed by atoms with Crippen LogP contribution in [-0.4, -0.2) is 17.6 Å². The van der Waals surface area contributed by atoms with Gasteiger partial charge < -0.3 is 15.7 Å². The van der Waals surface area contributed by atoms with Crippen molar-refractivity contribution in [1.82, 2.24) is 0 Å². The monoisotopic (exact) mass is 305 g/mol. The van der Waals surface area contributed by atoms with Gasteiger partial charge in [-0.2, -0.15) is 0 Å². The number of phenolic OH excluding ortho intramolecular Hbond substituents is 1. The summed E-state index contributed by atoms with van der Waals surface area (Å²) in [7, 11) is 0. The van der Waals surface area contributed by atoms with Gasteiger partial charge in [-0.3, -0.25) is 4.99 Å². The predicted molar refractivity (Wildman–Crippen MR) is 81.2 cm³/mol. The molecule has 2 aromatic carbocycles. The lowest BCUT2D eigenvalue weighted by Crippen LogP contribution is -2.36. The van der Waals surface area contributed by atoms with Crippen LogP contribution in [0.4, 0.5) is 10.1 Å². The summed E-state index contributed by atoms with van der Waals surface area (Å²) in [5.74, 6) is -0.105. The summed E-state index contributed by atoms with van der Waals surface area (Å²) in [6.07, 6.45) is 0. The van der Waals surface area contributed by atoms with Crippen LogP contribution < -0.4 is 10.6 Å². The summed E-state index contributed by atoms with van der Waals surface area (Å²) in [6, 6.07) is 11.0. The predicted octanol–water partition coefficient (Wildman–Crippen LogP) is 3.06. The number of benzene rings is 2. The maximum absolute atomic E-state index is 14.0. The number of anilines is 1. The molecule has 2 aromatic rings. The van der Waals surface area contributed by atoms with E-state index in [1.54, 1.807) is 35.2 Å². The van der Waals surface area contributed by atoms with Crippen molar-refractivity contribution in [3.8, 4) is 5.75 Å². The highest BCUT2D eigenvalue weighted by Gasteiger charge is 2.30. The van der Waals surface area contributed by atoms with E-state index < -0.39 is 0 Å². The summed E-state index contributed by atoms with van der Waals surface area (Å²) < 4.78 is 14.0. The number of phenols is 1. The lowest BCUT2D eigenvalue weighted by atomic mass is 10.1. The second-order valence-electron chi connectivity index (χ2n) is 4.75. The Hall–Kier alpha value is -2.27. The summed E-state index contributed by atoms with van der Waals surface area (Å²) in [5.41, 5.74) is 7.08. The van der Waals surface area contributed by atoms with Gasteiger partial charge in [0.25, 0.3) is 0 Å². The van der Waals surface area contributed by atoms with E-state index in [1.165, 1.54) is 12.1 Å². The molecule has 3 rings (SSSR count). The van der Waals surface area contributed by atoms with Gasteiger partial charge in [-0.25, -0.2) is 4.39 Å². The molecule has 3 N–H and O–H groups in total. The summed E-state index contributed by atoms with van der Waals surface area (Å²) in [4.78, 5) is 5.83. The molecule has 0 aliphatic carbocycles. The molecule has 0 saturated carbocycles. The molecule has 0 spiro atoms. The van der Waals surface area contributed by atoms with Crippen molar-refractivity contribution in [2.24, 2.45) is 10.7 Å². The number of aliphatic imine (C=N–C) groups is 1. The van der Waals surface area contributed by atoms with Crippen LogP contribution in [0, 0.1) is 5.82 Å². The Morgan fingerprint density at radius 2 is 2.05 bits per heavy atom. The SMILES string of the molecule is NC1=NCC(c2ccc(O)c(Cl)c2)N1c1ccccc1F. The Kier molecular flexibility index (Phi) is 3.43. The summed E-state index contributed by atoms with van der Waals surface area (Å²) in [6.45, 7) is 0.404. The lowest BCUT2D eigenvalue weighted by Gasteiger charge is -2.27. The third-order valence-electron chi connectivity index (χ3n) is 3.45. The fraction of sp³-hybridized carbons (Fsp3) is 0.133. The fourth-order valence-electron chi connectivity index (χ4n) is 2.42. The quantitative estimate of drug-likeness (QED) is 0.896. The van der Waals surface area contributed by atoms with Crippen molar-refractivity contribution in [3.05, 3.63) is 58.9 Å². The van der Waals surface area contributed by atoms with Crippen LogP contribution >= 0.6 is 11.6 Å². The second kappa shape index (κ2) is 5.26. The van der Waals surface area contributed by atoms with Gasteiger partial charge in [-0.15, -0.1) is 0 Å². The summed E-state index contributed by atoms with van der Waals surface area (Å²) >= 11 is 5.94. The van der Waals surface area contributed by atoms with Crippen molar-refractivity contribution < 1.29 is 9.50 Å². The first-order valence-electron chi connectivity index (χ1n) is 6.40. The summed E-state index contributed by atoms with van der Waals surface area (Å²) in [5, 5.41) is 9.75. The number of guanidine groups is 1. The molecule has 6 heteroatoms. The van der Waals surface area contributed by atoms with Gasteiger partial charge in [-0.05, 0) is 29.8 Å². The van der Waals surface area contributed by atoms with Crippen LogP contribution in [0.15, 0.2) is 47.5 Å². The molecule has 108 valence electrons. The van der Waals surface area contributed by atoms with Gasteiger partial charge in [0.05, 0.1) is 23.3 Å². The van der Waals surface area contributed by atoms with Gasteiger partial charge in [0.2, 0.25) is 0 Å². The number of rotatable bonds is 2. The van der Waals surface area contributed by atoms with Crippen LogP contribution in [0.3, 0.4) is 0 Å². The van der Waals surface area contributed by atoms with E-state index in [4.69, 9.17) is 17.3 Å². The second-order valence-corrected chi connectivity index (χ2v) is 5.15. The molecule has 1 aliphatic rings. The minimum atomic E-state index is -0.368. The average Bonchev–Trinajstić information content (AvgIpc) is 2.84. The zero-order valence-electron chi connectivity index (χ0n) is 11.0. The van der Waals surface area contributed by atoms with Gasteiger partial charge in [0, 0.05) is 0 Å². The van der Waals surface area contributed by atoms with E-state index in [0.717, 1.165) is 5.56 Å². The number of hydrogen-bond donors (Lipinski definition) is 2. The largest absolute Gasteiger partial charge is 0.506 e. The third-order valence-corrected chi connectivity index (χ3v) is 3.76. The molecule has 0 saturated heterocycles. The molecule has 1 aliphatic heterocycles. The molecule has 1 heterocycles. The molecule has 1 unspecified atom stereocenters. The first-order chi connectivity index (χ1) is 10.1. The number of nitrogens with two attached hydrogens (primary N) is 1. The zero-order valence-corrected chi connectivity index (χ0v) is 11.8. The minimum absolute atomic E-state index is 0.00439. The zero-order chi connectivity index (χ0) is 15.0. The Bertz CT molecular complexity index is 720. The van der Waals surface area contributed by atoms with E-state index in [1.807, 2.05) is 0 Å². The van der Waals surface area contributed by atoms with E-state index in [0.29, 0.717) is 12.2 Å². The van der Waals surface area contributed by atoms with Gasteiger partial charge in [0.1, 0.15) is 11.6 Å². The third kappa shape index (κ3) is 2.40. The van der Waals surface area contributed by atoms with Crippen LogP contribution in [0.25, 0.3) is 0 Å². The molecule has 0 bridgehead atoms. The topological polar surface area (TPSA) is 61.9 Å². The molecule has 0 amide bonds.